The van der Waals surface area contributed by atoms with E-state index in [1.807, 2.05) is 12.1 Å². The number of carbonyl (C=O) groups is 1. The highest BCUT2D eigenvalue weighted by Gasteiger charge is 2.05. The molecule has 20 heavy (non-hydrogen) atoms. The van der Waals surface area contributed by atoms with E-state index in [-0.39, 0.29) is 5.91 Å². The SMILES string of the molecule is Nc1cccc(OCCNC(=O)c2cncc(Br)c2)c1. The first kappa shape index (κ1) is 14.3. The van der Waals surface area contributed by atoms with Crippen molar-refractivity contribution in [2.75, 3.05) is 18.9 Å². The quantitative estimate of drug-likeness (QED) is 0.648. The van der Waals surface area contributed by atoms with E-state index >= 15 is 0 Å². The maximum Gasteiger partial charge on any atom is 0.253 e. The number of benzene rings is 1. The molecule has 2 aromatic rings. The lowest BCUT2D eigenvalue weighted by atomic mass is 10.3. The first-order chi connectivity index (χ1) is 9.65. The molecule has 3 N–H and O–H groups in total. The summed E-state index contributed by atoms with van der Waals surface area (Å²) in [7, 11) is 0. The van der Waals surface area contributed by atoms with E-state index in [2.05, 4.69) is 26.2 Å². The largest absolute Gasteiger partial charge is 0.492 e. The number of carbonyl (C=O) groups excluding carboxylic acids is 1. The Kier molecular flexibility index (Phi) is 4.95. The Hall–Kier alpha value is -2.08. The Morgan fingerprint density at radius 2 is 2.20 bits per heavy atom. The van der Waals surface area contributed by atoms with Gasteiger partial charge in [-0.1, -0.05) is 6.07 Å². The van der Waals surface area contributed by atoms with Crippen LogP contribution in [0, 0.1) is 0 Å². The van der Waals surface area contributed by atoms with Crippen LogP contribution < -0.4 is 15.8 Å². The lowest BCUT2D eigenvalue weighted by Gasteiger charge is -2.08. The van der Waals surface area contributed by atoms with Gasteiger partial charge in [0.2, 0.25) is 0 Å². The minimum absolute atomic E-state index is 0.185. The summed E-state index contributed by atoms with van der Waals surface area (Å²) in [6.07, 6.45) is 3.14. The van der Waals surface area contributed by atoms with E-state index in [9.17, 15) is 4.79 Å². The smallest absolute Gasteiger partial charge is 0.253 e. The standard InChI is InChI=1S/C14H14BrN3O2/c15-11-6-10(8-17-9-11)14(19)18-4-5-20-13-3-1-2-12(16)7-13/h1-3,6-9H,4-5,16H2,(H,18,19). The van der Waals surface area contributed by atoms with Gasteiger partial charge >= 0.3 is 0 Å². The van der Waals surface area contributed by atoms with Crippen LogP contribution in [0.25, 0.3) is 0 Å². The first-order valence-corrected chi connectivity index (χ1v) is 6.81. The molecule has 1 aromatic carbocycles. The topological polar surface area (TPSA) is 77.2 Å². The number of anilines is 1. The lowest BCUT2D eigenvalue weighted by Crippen LogP contribution is -2.28. The van der Waals surface area contributed by atoms with E-state index in [1.54, 1.807) is 24.4 Å². The number of nitrogens with zero attached hydrogens (tertiary/aromatic N) is 1. The molecule has 0 saturated carbocycles. The molecule has 0 atom stereocenters. The molecule has 2 rings (SSSR count). The van der Waals surface area contributed by atoms with Crippen LogP contribution in [0.3, 0.4) is 0 Å². The highest BCUT2D eigenvalue weighted by atomic mass is 79.9. The molecule has 0 aliphatic rings. The minimum atomic E-state index is -0.185. The monoisotopic (exact) mass is 335 g/mol. The molecule has 104 valence electrons. The number of nitrogens with one attached hydrogen (secondary N) is 1. The number of nitrogen functional groups attached to an aromatic ring is 1. The molecular weight excluding hydrogens is 322 g/mol. The fraction of sp³-hybridized carbons (Fsp3) is 0.143. The second-order valence-electron chi connectivity index (χ2n) is 4.07. The normalized spacial score (nSPS) is 10.1. The summed E-state index contributed by atoms with van der Waals surface area (Å²) in [4.78, 5) is 15.8. The van der Waals surface area contributed by atoms with Crippen LogP contribution in [-0.4, -0.2) is 24.0 Å². The summed E-state index contributed by atoms with van der Waals surface area (Å²) in [5.74, 6) is 0.498. The third kappa shape index (κ3) is 4.24. The predicted octanol–water partition coefficient (Wildman–Crippen LogP) is 2.24. The van der Waals surface area contributed by atoms with Gasteiger partial charge in [0.15, 0.2) is 0 Å². The highest BCUT2D eigenvalue weighted by Crippen LogP contribution is 2.14. The van der Waals surface area contributed by atoms with Gasteiger partial charge < -0.3 is 15.8 Å². The zero-order chi connectivity index (χ0) is 14.4. The maximum atomic E-state index is 11.8. The van der Waals surface area contributed by atoms with Gasteiger partial charge in [0.05, 0.1) is 12.1 Å². The summed E-state index contributed by atoms with van der Waals surface area (Å²) in [5.41, 5.74) is 6.79. The summed E-state index contributed by atoms with van der Waals surface area (Å²) in [6.45, 7) is 0.775. The molecule has 0 bridgehead atoms. The zero-order valence-corrected chi connectivity index (χ0v) is 12.3. The Balaban J connectivity index is 1.77. The van der Waals surface area contributed by atoms with Gasteiger partial charge in [-0.05, 0) is 34.1 Å². The summed E-state index contributed by atoms with van der Waals surface area (Å²) >= 11 is 3.27. The molecule has 0 saturated heterocycles. The van der Waals surface area contributed by atoms with Gasteiger partial charge in [-0.25, -0.2) is 0 Å². The van der Waals surface area contributed by atoms with Gasteiger partial charge in [-0.2, -0.15) is 0 Å². The number of pyridine rings is 1. The fourth-order valence-corrected chi connectivity index (χ4v) is 1.94. The number of ether oxygens (including phenoxy) is 1. The van der Waals surface area contributed by atoms with Crippen molar-refractivity contribution in [2.45, 2.75) is 0 Å². The van der Waals surface area contributed by atoms with Crippen molar-refractivity contribution in [3.63, 3.8) is 0 Å². The zero-order valence-electron chi connectivity index (χ0n) is 10.7. The van der Waals surface area contributed by atoms with Crippen LogP contribution >= 0.6 is 15.9 Å². The average molecular weight is 336 g/mol. The van der Waals surface area contributed by atoms with Gasteiger partial charge in [0.25, 0.3) is 5.91 Å². The molecule has 0 unspecified atom stereocenters. The third-order valence-electron chi connectivity index (χ3n) is 2.48. The van der Waals surface area contributed by atoms with Crippen LogP contribution in [0.1, 0.15) is 10.4 Å². The van der Waals surface area contributed by atoms with Crippen molar-refractivity contribution in [3.8, 4) is 5.75 Å². The second kappa shape index (κ2) is 6.91. The van der Waals surface area contributed by atoms with Crippen LogP contribution in [-0.2, 0) is 0 Å². The summed E-state index contributed by atoms with van der Waals surface area (Å²) in [6, 6.07) is 8.86. The minimum Gasteiger partial charge on any atom is -0.492 e. The van der Waals surface area contributed by atoms with Gasteiger partial charge in [-0.3, -0.25) is 9.78 Å². The molecule has 6 heteroatoms. The molecule has 1 heterocycles. The molecular formula is C14H14BrN3O2. The lowest BCUT2D eigenvalue weighted by molar-refractivity contribution is 0.0946. The number of hydrogen-bond donors (Lipinski definition) is 2. The second-order valence-corrected chi connectivity index (χ2v) is 4.98. The van der Waals surface area contributed by atoms with E-state index in [0.717, 1.165) is 4.47 Å². The van der Waals surface area contributed by atoms with Crippen molar-refractivity contribution in [1.29, 1.82) is 0 Å². The Morgan fingerprint density at radius 1 is 1.35 bits per heavy atom. The van der Waals surface area contributed by atoms with Gasteiger partial charge in [-0.15, -0.1) is 0 Å². The highest BCUT2D eigenvalue weighted by molar-refractivity contribution is 9.10. The number of amides is 1. The number of hydrogen-bond acceptors (Lipinski definition) is 4. The van der Waals surface area contributed by atoms with E-state index < -0.39 is 0 Å². The van der Waals surface area contributed by atoms with Crippen LogP contribution in [0.4, 0.5) is 5.69 Å². The number of nitrogens with two attached hydrogens (primary N) is 1. The summed E-state index contributed by atoms with van der Waals surface area (Å²) < 4.78 is 6.24. The van der Waals surface area contributed by atoms with Crippen LogP contribution in [0.2, 0.25) is 0 Å². The third-order valence-corrected chi connectivity index (χ3v) is 2.92. The number of rotatable bonds is 5. The maximum absolute atomic E-state index is 11.8. The Labute approximate surface area is 125 Å². The van der Waals surface area contributed by atoms with Crippen LogP contribution in [0.5, 0.6) is 5.75 Å². The predicted molar refractivity (Wildman–Crippen MR) is 80.6 cm³/mol. The molecule has 0 radical (unpaired) electrons. The molecule has 1 amide bonds. The van der Waals surface area contributed by atoms with Crippen molar-refractivity contribution in [3.05, 3.63) is 52.8 Å². The number of halogens is 1. The first-order valence-electron chi connectivity index (χ1n) is 6.02. The average Bonchev–Trinajstić information content (AvgIpc) is 2.43. The van der Waals surface area contributed by atoms with Gasteiger partial charge in [0.1, 0.15) is 12.4 Å². The molecule has 1 aromatic heterocycles. The molecule has 0 fully saturated rings. The summed E-state index contributed by atoms with van der Waals surface area (Å²) in [5, 5.41) is 2.76. The van der Waals surface area contributed by atoms with Crippen molar-refractivity contribution in [1.82, 2.24) is 10.3 Å². The van der Waals surface area contributed by atoms with Crippen molar-refractivity contribution < 1.29 is 9.53 Å². The molecule has 0 aliphatic heterocycles. The van der Waals surface area contributed by atoms with E-state index in [1.165, 1.54) is 6.20 Å². The Morgan fingerprint density at radius 3 is 2.95 bits per heavy atom. The fourth-order valence-electron chi connectivity index (χ4n) is 1.58. The van der Waals surface area contributed by atoms with Crippen molar-refractivity contribution in [2.24, 2.45) is 0 Å². The molecule has 0 aliphatic carbocycles. The van der Waals surface area contributed by atoms with Gasteiger partial charge in [0, 0.05) is 28.6 Å². The molecule has 0 spiro atoms. The Bertz CT molecular complexity index is 604. The van der Waals surface area contributed by atoms with Crippen LogP contribution in [0.15, 0.2) is 47.2 Å². The molecule has 5 nitrogen and oxygen atoms in total. The van der Waals surface area contributed by atoms with E-state index in [0.29, 0.717) is 30.2 Å². The number of aromatic nitrogens is 1. The van der Waals surface area contributed by atoms with E-state index in [4.69, 9.17) is 10.5 Å². The van der Waals surface area contributed by atoms with Crippen molar-refractivity contribution >= 4 is 27.5 Å².